The normalized spacial score (nSPS) is 36.8. The summed E-state index contributed by atoms with van der Waals surface area (Å²) in [6.07, 6.45) is 16.4. The summed E-state index contributed by atoms with van der Waals surface area (Å²) in [5.41, 5.74) is 1.45. The number of carbonyl (C=O) groups excluding carboxylic acids is 1. The van der Waals surface area contributed by atoms with Gasteiger partial charge < -0.3 is 4.90 Å². The molecular formula is C17H21N2O. The van der Waals surface area contributed by atoms with Gasteiger partial charge in [0.15, 0.2) is 0 Å². The van der Waals surface area contributed by atoms with E-state index in [1.54, 1.807) is 6.08 Å². The molecule has 0 aromatic heterocycles. The molecule has 20 heavy (non-hydrogen) atoms. The SMILES string of the molecule is O=C1C=CC2C=CC=C3CC(N4CC[CH]CC4)CN1C32. The Hall–Kier alpha value is -1.35. The van der Waals surface area contributed by atoms with E-state index in [2.05, 4.69) is 40.5 Å². The summed E-state index contributed by atoms with van der Waals surface area (Å²) in [6, 6.07) is 0.805. The van der Waals surface area contributed by atoms with Crippen LogP contribution in [0.3, 0.4) is 0 Å². The quantitative estimate of drug-likeness (QED) is 0.726. The van der Waals surface area contributed by atoms with Crippen molar-refractivity contribution in [2.24, 2.45) is 5.92 Å². The van der Waals surface area contributed by atoms with Crippen LogP contribution in [-0.2, 0) is 4.79 Å². The van der Waals surface area contributed by atoms with E-state index in [1.807, 2.05) is 0 Å². The molecule has 3 heterocycles. The summed E-state index contributed by atoms with van der Waals surface area (Å²) in [4.78, 5) is 16.9. The third kappa shape index (κ3) is 1.96. The minimum Gasteiger partial charge on any atom is -0.330 e. The number of carbonyl (C=O) groups is 1. The number of likely N-dealkylation sites (tertiary alicyclic amines) is 1. The maximum Gasteiger partial charge on any atom is 0.246 e. The Kier molecular flexibility index (Phi) is 3.03. The summed E-state index contributed by atoms with van der Waals surface area (Å²) in [6.45, 7) is 3.20. The van der Waals surface area contributed by atoms with Crippen LogP contribution in [0.2, 0.25) is 0 Å². The van der Waals surface area contributed by atoms with E-state index in [4.69, 9.17) is 0 Å². The van der Waals surface area contributed by atoms with Gasteiger partial charge in [-0.1, -0.05) is 24.3 Å². The van der Waals surface area contributed by atoms with Crippen LogP contribution in [0.4, 0.5) is 0 Å². The van der Waals surface area contributed by atoms with Gasteiger partial charge in [0.05, 0.1) is 6.04 Å². The van der Waals surface area contributed by atoms with Gasteiger partial charge in [-0.15, -0.1) is 0 Å². The molecule has 3 unspecified atom stereocenters. The molecule has 0 bridgehead atoms. The lowest BCUT2D eigenvalue weighted by Gasteiger charge is -2.49. The average Bonchev–Trinajstić information content (AvgIpc) is 2.51. The van der Waals surface area contributed by atoms with Crippen molar-refractivity contribution in [1.82, 2.24) is 9.80 Å². The minimum atomic E-state index is 0.195. The molecule has 3 aliphatic heterocycles. The van der Waals surface area contributed by atoms with Crippen molar-refractivity contribution in [2.45, 2.75) is 31.3 Å². The van der Waals surface area contributed by atoms with Crippen molar-refractivity contribution >= 4 is 5.91 Å². The zero-order valence-corrected chi connectivity index (χ0v) is 11.7. The molecule has 1 amide bonds. The third-order valence-electron chi connectivity index (χ3n) is 5.10. The minimum absolute atomic E-state index is 0.195. The second kappa shape index (κ2) is 4.88. The van der Waals surface area contributed by atoms with Crippen molar-refractivity contribution in [3.8, 4) is 0 Å². The first kappa shape index (κ1) is 12.4. The van der Waals surface area contributed by atoms with E-state index in [-0.39, 0.29) is 5.91 Å². The van der Waals surface area contributed by atoms with Gasteiger partial charge in [-0.25, -0.2) is 0 Å². The molecule has 0 N–H and O–H groups in total. The van der Waals surface area contributed by atoms with Crippen LogP contribution in [-0.4, -0.2) is 47.4 Å². The highest BCUT2D eigenvalue weighted by molar-refractivity contribution is 5.89. The van der Waals surface area contributed by atoms with Gasteiger partial charge in [-0.05, 0) is 50.4 Å². The predicted molar refractivity (Wildman–Crippen MR) is 78.9 cm³/mol. The van der Waals surface area contributed by atoms with Crippen molar-refractivity contribution in [1.29, 1.82) is 0 Å². The van der Waals surface area contributed by atoms with Crippen LogP contribution in [0.15, 0.2) is 36.0 Å². The average molecular weight is 269 g/mol. The fourth-order valence-corrected chi connectivity index (χ4v) is 4.10. The molecule has 3 heteroatoms. The monoisotopic (exact) mass is 269 g/mol. The zero-order valence-electron chi connectivity index (χ0n) is 11.7. The lowest BCUT2D eigenvalue weighted by atomic mass is 9.78. The van der Waals surface area contributed by atoms with E-state index in [0.717, 1.165) is 26.1 Å². The Bertz CT molecular complexity index is 499. The molecule has 0 aromatic rings. The fraction of sp³-hybridized carbons (Fsp3) is 0.529. The van der Waals surface area contributed by atoms with Gasteiger partial charge in [0, 0.05) is 18.5 Å². The molecule has 1 radical (unpaired) electrons. The number of nitrogens with zero attached hydrogens (tertiary/aromatic N) is 2. The Labute approximate surface area is 120 Å². The van der Waals surface area contributed by atoms with Gasteiger partial charge >= 0.3 is 0 Å². The van der Waals surface area contributed by atoms with E-state index in [9.17, 15) is 4.79 Å². The van der Waals surface area contributed by atoms with Crippen LogP contribution in [0.1, 0.15) is 19.3 Å². The van der Waals surface area contributed by atoms with Crippen LogP contribution in [0, 0.1) is 12.3 Å². The molecule has 0 aromatic carbocycles. The predicted octanol–water partition coefficient (Wildman–Crippen LogP) is 1.94. The van der Waals surface area contributed by atoms with E-state index < -0.39 is 0 Å². The van der Waals surface area contributed by atoms with Crippen LogP contribution < -0.4 is 0 Å². The molecule has 2 fully saturated rings. The molecule has 4 aliphatic rings. The summed E-state index contributed by atoms with van der Waals surface area (Å²) < 4.78 is 0. The molecule has 0 saturated carbocycles. The number of hydrogen-bond acceptors (Lipinski definition) is 2. The van der Waals surface area contributed by atoms with Gasteiger partial charge in [0.25, 0.3) is 0 Å². The summed E-state index contributed by atoms with van der Waals surface area (Å²) in [5.74, 6) is 0.587. The number of piperidine rings is 2. The number of allylic oxidation sites excluding steroid dienone is 2. The first-order valence-corrected chi connectivity index (χ1v) is 7.75. The standard InChI is InChI=1S/C17H21N2O/c20-16-8-7-13-5-4-6-14-11-15(12-19(16)17(13)14)18-9-2-1-3-10-18/h1,4-8,13,15,17H,2-3,9-12H2. The van der Waals surface area contributed by atoms with Crippen molar-refractivity contribution in [2.75, 3.05) is 19.6 Å². The lowest BCUT2D eigenvalue weighted by Crippen LogP contribution is -2.58. The van der Waals surface area contributed by atoms with Gasteiger partial charge in [0.1, 0.15) is 0 Å². The van der Waals surface area contributed by atoms with Crippen molar-refractivity contribution in [3.63, 3.8) is 0 Å². The Morgan fingerprint density at radius 1 is 1.15 bits per heavy atom. The largest absolute Gasteiger partial charge is 0.330 e. The molecule has 1 aliphatic carbocycles. The third-order valence-corrected chi connectivity index (χ3v) is 5.10. The lowest BCUT2D eigenvalue weighted by molar-refractivity contribution is -0.131. The van der Waals surface area contributed by atoms with Crippen LogP contribution in [0.5, 0.6) is 0 Å². The Morgan fingerprint density at radius 3 is 2.85 bits per heavy atom. The molecule has 0 spiro atoms. The fourth-order valence-electron chi connectivity index (χ4n) is 4.10. The second-order valence-corrected chi connectivity index (χ2v) is 6.26. The van der Waals surface area contributed by atoms with Gasteiger partial charge in [-0.3, -0.25) is 9.69 Å². The maximum absolute atomic E-state index is 12.3. The van der Waals surface area contributed by atoms with Crippen LogP contribution >= 0.6 is 0 Å². The molecular weight excluding hydrogens is 248 g/mol. The smallest absolute Gasteiger partial charge is 0.246 e. The van der Waals surface area contributed by atoms with Gasteiger partial charge in [-0.2, -0.15) is 0 Å². The first-order chi connectivity index (χ1) is 9.83. The van der Waals surface area contributed by atoms with E-state index in [0.29, 0.717) is 18.0 Å². The molecule has 2 saturated heterocycles. The molecule has 4 rings (SSSR count). The number of hydrogen-bond donors (Lipinski definition) is 0. The van der Waals surface area contributed by atoms with Gasteiger partial charge in [0.2, 0.25) is 5.91 Å². The first-order valence-electron chi connectivity index (χ1n) is 7.75. The molecule has 3 nitrogen and oxygen atoms in total. The molecule has 105 valence electrons. The topological polar surface area (TPSA) is 23.6 Å². The molecule has 3 atom stereocenters. The number of amides is 1. The highest BCUT2D eigenvalue weighted by Crippen LogP contribution is 2.37. The highest BCUT2D eigenvalue weighted by atomic mass is 16.2. The number of rotatable bonds is 1. The Balaban J connectivity index is 1.62. The summed E-state index contributed by atoms with van der Waals surface area (Å²) in [7, 11) is 0. The second-order valence-electron chi connectivity index (χ2n) is 6.26. The van der Waals surface area contributed by atoms with Crippen molar-refractivity contribution in [3.05, 3.63) is 42.4 Å². The highest BCUT2D eigenvalue weighted by Gasteiger charge is 2.41. The van der Waals surface area contributed by atoms with E-state index in [1.165, 1.54) is 18.4 Å². The summed E-state index contributed by atoms with van der Waals surface area (Å²) in [5, 5.41) is 0. The van der Waals surface area contributed by atoms with E-state index >= 15 is 0 Å². The van der Waals surface area contributed by atoms with Crippen LogP contribution in [0.25, 0.3) is 0 Å². The Morgan fingerprint density at radius 2 is 2.00 bits per heavy atom. The summed E-state index contributed by atoms with van der Waals surface area (Å²) >= 11 is 0. The zero-order chi connectivity index (χ0) is 13.5. The maximum atomic E-state index is 12.3. The van der Waals surface area contributed by atoms with Crippen molar-refractivity contribution < 1.29 is 4.79 Å².